The molecule has 0 saturated carbocycles. The highest BCUT2D eigenvalue weighted by Gasteiger charge is 2.09. The van der Waals surface area contributed by atoms with Crippen LogP contribution in [0.1, 0.15) is 22.5 Å². The number of fused-ring (bicyclic) bond motifs is 1. The van der Waals surface area contributed by atoms with Crippen molar-refractivity contribution >= 4 is 22.6 Å². The van der Waals surface area contributed by atoms with Crippen molar-refractivity contribution in [1.29, 1.82) is 5.26 Å². The molecule has 132 valence electrons. The molecule has 0 spiro atoms. The number of nitrogens with zero attached hydrogens (tertiary/aromatic N) is 2. The number of hydrogen-bond donors (Lipinski definition) is 2. The van der Waals surface area contributed by atoms with Gasteiger partial charge in [-0.15, -0.1) is 0 Å². The summed E-state index contributed by atoms with van der Waals surface area (Å²) in [6, 6.07) is 12.7. The summed E-state index contributed by atoms with van der Waals surface area (Å²) in [6.07, 6.45) is 2.14. The summed E-state index contributed by atoms with van der Waals surface area (Å²) in [5, 5.41) is 16.1. The molecule has 7 heteroatoms. The van der Waals surface area contributed by atoms with Crippen molar-refractivity contribution in [2.75, 3.05) is 25.5 Å². The zero-order chi connectivity index (χ0) is 18.4. The molecule has 26 heavy (non-hydrogen) atoms. The summed E-state index contributed by atoms with van der Waals surface area (Å²) >= 11 is 0. The average Bonchev–Trinajstić information content (AvgIpc) is 3.21. The summed E-state index contributed by atoms with van der Waals surface area (Å²) in [4.78, 5) is 16.3. The summed E-state index contributed by atoms with van der Waals surface area (Å²) in [5.74, 6) is 1.29. The number of aromatic nitrogens is 1. The Morgan fingerprint density at radius 2 is 2.19 bits per heavy atom. The highest BCUT2D eigenvalue weighted by Crippen LogP contribution is 2.23. The fraction of sp³-hybridized carbons (Fsp3) is 0.211. The van der Waals surface area contributed by atoms with Crippen LogP contribution in [0.4, 0.5) is 5.82 Å². The highest BCUT2D eigenvalue weighted by molar-refractivity contribution is 5.91. The number of nitrogens with one attached hydrogen (secondary N) is 2. The van der Waals surface area contributed by atoms with Crippen LogP contribution >= 0.6 is 0 Å². The van der Waals surface area contributed by atoms with Gasteiger partial charge in [-0.1, -0.05) is 0 Å². The minimum atomic E-state index is -0.245. The summed E-state index contributed by atoms with van der Waals surface area (Å²) in [6.45, 7) is 1.06. The number of methoxy groups -OCH3 is 1. The van der Waals surface area contributed by atoms with Crippen LogP contribution in [0.2, 0.25) is 0 Å². The number of furan rings is 1. The first-order valence-electron chi connectivity index (χ1n) is 8.15. The molecule has 3 rings (SSSR count). The van der Waals surface area contributed by atoms with Crippen LogP contribution in [0.15, 0.2) is 47.1 Å². The Balaban J connectivity index is 1.58. The fourth-order valence-corrected chi connectivity index (χ4v) is 2.49. The number of hydrogen-bond acceptors (Lipinski definition) is 6. The van der Waals surface area contributed by atoms with Gasteiger partial charge >= 0.3 is 0 Å². The number of carbonyl (C=O) groups excluding carboxylic acids is 1. The number of anilines is 1. The van der Waals surface area contributed by atoms with Gasteiger partial charge in [-0.25, -0.2) is 4.98 Å². The zero-order valence-corrected chi connectivity index (χ0v) is 14.3. The Bertz CT molecular complexity index is 945. The van der Waals surface area contributed by atoms with E-state index in [4.69, 9.17) is 9.15 Å². The SMILES string of the molecule is COc1ccc2nc(NCCCNC(=O)c3ccco3)c(C#N)cc2c1. The third kappa shape index (κ3) is 3.92. The van der Waals surface area contributed by atoms with Gasteiger partial charge in [0.25, 0.3) is 5.91 Å². The first-order valence-corrected chi connectivity index (χ1v) is 8.15. The van der Waals surface area contributed by atoms with Gasteiger partial charge in [-0.3, -0.25) is 4.79 Å². The van der Waals surface area contributed by atoms with Crippen LogP contribution in [0.25, 0.3) is 10.9 Å². The van der Waals surface area contributed by atoms with Gasteiger partial charge in [0.05, 0.1) is 24.5 Å². The number of amides is 1. The van der Waals surface area contributed by atoms with E-state index < -0.39 is 0 Å². The topological polar surface area (TPSA) is 100 Å². The van der Waals surface area contributed by atoms with Crippen molar-refractivity contribution in [3.05, 3.63) is 54.0 Å². The second kappa shape index (κ2) is 8.03. The standard InChI is InChI=1S/C19H18N4O3/c1-25-15-5-6-16-13(11-15)10-14(12-20)18(23-16)21-7-3-8-22-19(24)17-4-2-9-26-17/h2,4-6,9-11H,3,7-8H2,1H3,(H,21,23)(H,22,24). The van der Waals surface area contributed by atoms with Crippen molar-refractivity contribution in [2.24, 2.45) is 0 Å². The van der Waals surface area contributed by atoms with E-state index in [9.17, 15) is 10.1 Å². The minimum Gasteiger partial charge on any atom is -0.497 e. The molecule has 2 N–H and O–H groups in total. The van der Waals surface area contributed by atoms with E-state index in [0.29, 0.717) is 30.9 Å². The molecule has 1 aromatic carbocycles. The van der Waals surface area contributed by atoms with Gasteiger partial charge in [-0.05, 0) is 42.8 Å². The fourth-order valence-electron chi connectivity index (χ4n) is 2.49. The number of pyridine rings is 1. The number of nitriles is 1. The first kappa shape index (κ1) is 17.3. The molecule has 1 amide bonds. The molecule has 3 aromatic rings. The Morgan fingerprint density at radius 3 is 2.92 bits per heavy atom. The van der Waals surface area contributed by atoms with Crippen LogP contribution < -0.4 is 15.4 Å². The van der Waals surface area contributed by atoms with Crippen molar-refractivity contribution in [3.63, 3.8) is 0 Å². The molecule has 0 aliphatic heterocycles. The lowest BCUT2D eigenvalue weighted by Gasteiger charge is -2.10. The van der Waals surface area contributed by atoms with E-state index in [1.165, 1.54) is 6.26 Å². The smallest absolute Gasteiger partial charge is 0.286 e. The molecule has 0 radical (unpaired) electrons. The van der Waals surface area contributed by atoms with Crippen molar-refractivity contribution in [2.45, 2.75) is 6.42 Å². The minimum absolute atomic E-state index is 0.245. The molecule has 0 aliphatic rings. The van der Waals surface area contributed by atoms with Crippen LogP contribution in [-0.4, -0.2) is 31.1 Å². The molecule has 0 atom stereocenters. The Kier molecular flexibility index (Phi) is 5.34. The molecule has 0 aliphatic carbocycles. The molecular weight excluding hydrogens is 332 g/mol. The molecule has 0 bridgehead atoms. The predicted molar refractivity (Wildman–Crippen MR) is 97.2 cm³/mol. The van der Waals surface area contributed by atoms with Gasteiger partial charge in [-0.2, -0.15) is 5.26 Å². The van der Waals surface area contributed by atoms with Gasteiger partial charge in [0, 0.05) is 18.5 Å². The van der Waals surface area contributed by atoms with Crippen LogP contribution in [0.5, 0.6) is 5.75 Å². The molecule has 0 unspecified atom stereocenters. The number of ether oxygens (including phenoxy) is 1. The molecule has 2 aromatic heterocycles. The largest absolute Gasteiger partial charge is 0.497 e. The van der Waals surface area contributed by atoms with Gasteiger partial charge in [0.1, 0.15) is 17.6 Å². The second-order valence-corrected chi connectivity index (χ2v) is 5.57. The Hall–Kier alpha value is -3.53. The molecule has 7 nitrogen and oxygen atoms in total. The highest BCUT2D eigenvalue weighted by atomic mass is 16.5. The summed E-state index contributed by atoms with van der Waals surface area (Å²) < 4.78 is 10.2. The third-order valence-electron chi connectivity index (χ3n) is 3.82. The lowest BCUT2D eigenvalue weighted by Crippen LogP contribution is -2.25. The first-order chi connectivity index (χ1) is 12.7. The normalized spacial score (nSPS) is 10.3. The maximum absolute atomic E-state index is 11.7. The van der Waals surface area contributed by atoms with Crippen molar-refractivity contribution in [1.82, 2.24) is 10.3 Å². The monoisotopic (exact) mass is 350 g/mol. The third-order valence-corrected chi connectivity index (χ3v) is 3.82. The molecular formula is C19H18N4O3. The molecule has 2 heterocycles. The van der Waals surface area contributed by atoms with Crippen LogP contribution in [0.3, 0.4) is 0 Å². The predicted octanol–water partition coefficient (Wildman–Crippen LogP) is 2.94. The quantitative estimate of drug-likeness (QED) is 0.636. The summed E-state index contributed by atoms with van der Waals surface area (Å²) in [5.41, 5.74) is 1.24. The van der Waals surface area contributed by atoms with E-state index in [1.807, 2.05) is 18.2 Å². The van der Waals surface area contributed by atoms with Crippen molar-refractivity contribution in [3.8, 4) is 11.8 Å². The summed E-state index contributed by atoms with van der Waals surface area (Å²) in [7, 11) is 1.60. The number of rotatable bonds is 7. The van der Waals surface area contributed by atoms with Crippen LogP contribution in [-0.2, 0) is 0 Å². The number of carbonyl (C=O) groups is 1. The van der Waals surface area contributed by atoms with E-state index in [2.05, 4.69) is 21.7 Å². The molecule has 0 fully saturated rings. The van der Waals surface area contributed by atoms with Gasteiger partial charge in [0.2, 0.25) is 0 Å². The number of benzene rings is 1. The average molecular weight is 350 g/mol. The van der Waals surface area contributed by atoms with E-state index in [1.54, 1.807) is 25.3 Å². The Morgan fingerprint density at radius 1 is 1.31 bits per heavy atom. The van der Waals surface area contributed by atoms with Crippen molar-refractivity contribution < 1.29 is 13.9 Å². The van der Waals surface area contributed by atoms with E-state index in [0.717, 1.165) is 16.7 Å². The second-order valence-electron chi connectivity index (χ2n) is 5.57. The maximum Gasteiger partial charge on any atom is 0.286 e. The molecule has 0 saturated heterocycles. The maximum atomic E-state index is 11.7. The van der Waals surface area contributed by atoms with Gasteiger partial charge in [0.15, 0.2) is 5.76 Å². The Labute approximate surface area is 150 Å². The lowest BCUT2D eigenvalue weighted by molar-refractivity contribution is 0.0926. The van der Waals surface area contributed by atoms with Gasteiger partial charge < -0.3 is 19.8 Å². The van der Waals surface area contributed by atoms with Crippen LogP contribution in [0, 0.1) is 11.3 Å². The lowest BCUT2D eigenvalue weighted by atomic mass is 10.1. The van der Waals surface area contributed by atoms with E-state index in [-0.39, 0.29) is 11.7 Å². The zero-order valence-electron chi connectivity index (χ0n) is 14.3. The van der Waals surface area contributed by atoms with E-state index >= 15 is 0 Å².